The van der Waals surface area contributed by atoms with Crippen molar-refractivity contribution in [2.75, 3.05) is 0 Å². The third kappa shape index (κ3) is 1.49. The van der Waals surface area contributed by atoms with Gasteiger partial charge in [0.1, 0.15) is 0 Å². The van der Waals surface area contributed by atoms with Gasteiger partial charge in [0.15, 0.2) is 0 Å². The molecule has 74 valence electrons. The summed E-state index contributed by atoms with van der Waals surface area (Å²) in [6.45, 7) is 0. The minimum Gasteiger partial charge on any atom is -0.179 e. The van der Waals surface area contributed by atoms with E-state index in [-0.39, 0.29) is 10.9 Å². The van der Waals surface area contributed by atoms with Crippen LogP contribution in [0.1, 0.15) is 5.56 Å². The summed E-state index contributed by atoms with van der Waals surface area (Å²) in [7, 11) is -0.237. The molecule has 0 spiro atoms. The number of hydrogen-bond acceptors (Lipinski definition) is 0. The van der Waals surface area contributed by atoms with Crippen molar-refractivity contribution >= 4 is 17.0 Å². The van der Waals surface area contributed by atoms with Crippen LogP contribution in [0.25, 0.3) is 6.08 Å². The molecule has 1 aliphatic rings. The molecule has 0 radical (unpaired) electrons. The number of benzene rings is 2. The first-order valence-corrected chi connectivity index (χ1v) is 6.48. The van der Waals surface area contributed by atoms with Gasteiger partial charge in [0, 0.05) is 4.90 Å². The van der Waals surface area contributed by atoms with Gasteiger partial charge < -0.3 is 0 Å². The van der Waals surface area contributed by atoms with E-state index in [0.717, 1.165) is 0 Å². The Hall–Kier alpha value is -1.47. The van der Waals surface area contributed by atoms with Gasteiger partial charge in [-0.2, -0.15) is 10.9 Å². The lowest BCUT2D eigenvalue weighted by Gasteiger charge is -2.15. The lowest BCUT2D eigenvalue weighted by Crippen LogP contribution is -1.80. The maximum absolute atomic E-state index is 2.34. The van der Waals surface area contributed by atoms with Gasteiger partial charge in [-0.3, -0.25) is 0 Å². The van der Waals surface area contributed by atoms with Crippen LogP contribution in [0, 0.1) is 0 Å². The zero-order valence-corrected chi connectivity index (χ0v) is 9.19. The Kier molecular flexibility index (Phi) is 2.11. The number of fused-ring (bicyclic) bond motifs is 1. The Bertz CT molecular complexity index is 500. The molecule has 3 rings (SSSR count). The molecule has 1 atom stereocenters. The molecule has 15 heavy (non-hydrogen) atoms. The predicted octanol–water partition coefficient (Wildman–Crippen LogP) is 4.09. The first kappa shape index (κ1) is 8.81. The summed E-state index contributed by atoms with van der Waals surface area (Å²) in [6.07, 6.45) is 2.24. The van der Waals surface area contributed by atoms with Crippen LogP contribution in [0.15, 0.2) is 69.8 Å². The Labute approximate surface area is 92.6 Å². The summed E-state index contributed by atoms with van der Waals surface area (Å²) in [6, 6.07) is 19.4. The summed E-state index contributed by atoms with van der Waals surface area (Å²) in [4.78, 5) is 2.92. The molecule has 0 fully saturated rings. The first-order chi connectivity index (χ1) is 7.45. The van der Waals surface area contributed by atoms with Crippen molar-refractivity contribution in [1.82, 2.24) is 0 Å². The molecule has 2 aromatic rings. The summed E-state index contributed by atoms with van der Waals surface area (Å²) in [5.74, 6) is 0. The summed E-state index contributed by atoms with van der Waals surface area (Å²) in [5, 5.41) is 2.34. The van der Waals surface area contributed by atoms with Crippen LogP contribution in [-0.2, 0) is 0 Å². The molecule has 0 saturated heterocycles. The van der Waals surface area contributed by atoms with Gasteiger partial charge in [-0.25, -0.2) is 0 Å². The zero-order chi connectivity index (χ0) is 10.1. The zero-order valence-electron chi connectivity index (χ0n) is 8.30. The SMILES string of the molecule is C1=C[SH](c2ccccc2)c2ccccc21. The van der Waals surface area contributed by atoms with E-state index in [1.807, 2.05) is 0 Å². The molecule has 1 unspecified atom stereocenters. The second-order valence-electron chi connectivity index (χ2n) is 3.58. The highest BCUT2D eigenvalue weighted by atomic mass is 32.2. The number of hydrogen-bond donors (Lipinski definition) is 1. The highest BCUT2D eigenvalue weighted by molar-refractivity contribution is 8.20. The van der Waals surface area contributed by atoms with Crippen molar-refractivity contribution in [3.8, 4) is 0 Å². The molecule has 0 bridgehead atoms. The Morgan fingerprint density at radius 2 is 1.47 bits per heavy atom. The topological polar surface area (TPSA) is 0 Å². The molecule has 1 heteroatoms. The highest BCUT2D eigenvalue weighted by Gasteiger charge is 2.13. The van der Waals surface area contributed by atoms with E-state index in [1.54, 1.807) is 0 Å². The van der Waals surface area contributed by atoms with Crippen LogP contribution >= 0.6 is 10.9 Å². The van der Waals surface area contributed by atoms with E-state index in [0.29, 0.717) is 0 Å². The van der Waals surface area contributed by atoms with Crippen molar-refractivity contribution in [2.45, 2.75) is 9.79 Å². The van der Waals surface area contributed by atoms with E-state index >= 15 is 0 Å². The van der Waals surface area contributed by atoms with Gasteiger partial charge in [-0.15, -0.1) is 0 Å². The van der Waals surface area contributed by atoms with Gasteiger partial charge >= 0.3 is 0 Å². The predicted molar refractivity (Wildman–Crippen MR) is 67.4 cm³/mol. The second kappa shape index (κ2) is 3.59. The lowest BCUT2D eigenvalue weighted by atomic mass is 10.2. The van der Waals surface area contributed by atoms with Crippen LogP contribution in [0.2, 0.25) is 0 Å². The maximum Gasteiger partial charge on any atom is 0.00228 e. The molecule has 0 saturated carbocycles. The molecule has 0 N–H and O–H groups in total. The highest BCUT2D eigenvalue weighted by Crippen LogP contribution is 2.51. The van der Waals surface area contributed by atoms with Crippen LogP contribution in [0.5, 0.6) is 0 Å². The van der Waals surface area contributed by atoms with Gasteiger partial charge in [0.2, 0.25) is 0 Å². The van der Waals surface area contributed by atoms with Gasteiger partial charge in [0.25, 0.3) is 0 Å². The fourth-order valence-corrected chi connectivity index (χ4v) is 3.98. The third-order valence-corrected chi connectivity index (χ3v) is 4.86. The van der Waals surface area contributed by atoms with Crippen LogP contribution in [-0.4, -0.2) is 0 Å². The van der Waals surface area contributed by atoms with Crippen LogP contribution in [0.3, 0.4) is 0 Å². The van der Waals surface area contributed by atoms with Crippen molar-refractivity contribution in [3.63, 3.8) is 0 Å². The molecule has 2 aromatic carbocycles. The third-order valence-electron chi connectivity index (χ3n) is 2.63. The average Bonchev–Trinajstić information content (AvgIpc) is 2.74. The van der Waals surface area contributed by atoms with Crippen LogP contribution in [0.4, 0.5) is 0 Å². The van der Waals surface area contributed by atoms with E-state index in [2.05, 4.69) is 66.1 Å². The lowest BCUT2D eigenvalue weighted by molar-refractivity contribution is 1.39. The van der Waals surface area contributed by atoms with E-state index in [1.165, 1.54) is 15.4 Å². The summed E-state index contributed by atoms with van der Waals surface area (Å²) >= 11 is 0. The van der Waals surface area contributed by atoms with Gasteiger partial charge in [-0.1, -0.05) is 36.4 Å². The Balaban J connectivity index is 2.09. The van der Waals surface area contributed by atoms with E-state index < -0.39 is 0 Å². The Morgan fingerprint density at radius 1 is 0.733 bits per heavy atom. The van der Waals surface area contributed by atoms with Crippen molar-refractivity contribution < 1.29 is 0 Å². The quantitative estimate of drug-likeness (QED) is 0.676. The van der Waals surface area contributed by atoms with Crippen molar-refractivity contribution in [3.05, 3.63) is 65.6 Å². The fourth-order valence-electron chi connectivity index (χ4n) is 1.90. The summed E-state index contributed by atoms with van der Waals surface area (Å²) in [5.41, 5.74) is 1.38. The van der Waals surface area contributed by atoms with Crippen LogP contribution < -0.4 is 0 Å². The smallest absolute Gasteiger partial charge is 0.00228 e. The molecule has 0 aromatic heterocycles. The molecule has 0 aliphatic carbocycles. The second-order valence-corrected chi connectivity index (χ2v) is 5.62. The average molecular weight is 212 g/mol. The molecule has 1 aliphatic heterocycles. The minimum atomic E-state index is -0.237. The molecular formula is C14H12S. The molecular weight excluding hydrogens is 200 g/mol. The molecule has 0 amide bonds. The molecule has 0 nitrogen and oxygen atoms in total. The minimum absolute atomic E-state index is 0.237. The Morgan fingerprint density at radius 3 is 2.33 bits per heavy atom. The fraction of sp³-hybridized carbons (Fsp3) is 0. The van der Waals surface area contributed by atoms with E-state index in [4.69, 9.17) is 0 Å². The standard InChI is InChI=1S/C14H12S/c1-2-7-13(8-3-1)15-11-10-12-6-4-5-9-14(12)15/h1-11,15H. The monoisotopic (exact) mass is 212 g/mol. The normalized spacial score (nSPS) is 20.1. The first-order valence-electron chi connectivity index (χ1n) is 5.07. The van der Waals surface area contributed by atoms with Gasteiger partial charge in [-0.05, 0) is 40.1 Å². The van der Waals surface area contributed by atoms with Crippen molar-refractivity contribution in [2.24, 2.45) is 0 Å². The number of rotatable bonds is 1. The summed E-state index contributed by atoms with van der Waals surface area (Å²) < 4.78 is 0. The largest absolute Gasteiger partial charge is 0.179 e. The molecule has 1 heterocycles. The maximum atomic E-state index is 2.34. The van der Waals surface area contributed by atoms with Crippen molar-refractivity contribution in [1.29, 1.82) is 0 Å². The van der Waals surface area contributed by atoms with Gasteiger partial charge in [0.05, 0.1) is 0 Å². The van der Waals surface area contributed by atoms with E-state index in [9.17, 15) is 0 Å². The number of thiol groups is 1.